The fraction of sp³-hybridized carbons (Fsp3) is 0. The molecule has 0 aliphatic carbocycles. The Morgan fingerprint density at radius 1 is 0.286 bits per heavy atom. The van der Waals surface area contributed by atoms with Gasteiger partial charge in [-0.15, -0.1) is 0 Å². The number of furan rings is 1. The normalized spacial score (nSPS) is 11.6. The molecule has 0 amide bonds. The smallest absolute Gasteiger partial charge is 0.143 e. The molecule has 2 heteroatoms. The SMILES string of the molecule is c1ccc(-c2ccc(-c3cc(-c4ccc5c(c4)c4ccccc4n5-c4ccc(-c5ccccc5)cc4)cc(-c4cccc5c4oc4ccccc45)c3)cc2)cc1. The summed E-state index contributed by atoms with van der Waals surface area (Å²) in [5.41, 5.74) is 17.0. The Morgan fingerprint density at radius 2 is 0.786 bits per heavy atom. The number of aromatic nitrogens is 1. The third-order valence-corrected chi connectivity index (χ3v) is 11.2. The molecule has 2 aromatic heterocycles. The van der Waals surface area contributed by atoms with Gasteiger partial charge in [-0.05, 0) is 105 Å². The molecular weight excluding hydrogens is 679 g/mol. The summed E-state index contributed by atoms with van der Waals surface area (Å²) < 4.78 is 8.96. The lowest BCUT2D eigenvalue weighted by Gasteiger charge is -2.13. The Kier molecular flexibility index (Phi) is 7.53. The van der Waals surface area contributed by atoms with Crippen LogP contribution in [-0.2, 0) is 0 Å². The molecule has 0 unspecified atom stereocenters. The van der Waals surface area contributed by atoms with Crippen LogP contribution in [0.3, 0.4) is 0 Å². The van der Waals surface area contributed by atoms with Crippen LogP contribution in [-0.4, -0.2) is 4.57 Å². The summed E-state index contributed by atoms with van der Waals surface area (Å²) in [7, 11) is 0. The van der Waals surface area contributed by atoms with E-state index in [9.17, 15) is 0 Å². The molecule has 11 rings (SSSR count). The molecule has 2 nitrogen and oxygen atoms in total. The number of rotatable bonds is 6. The van der Waals surface area contributed by atoms with Crippen molar-refractivity contribution in [3.05, 3.63) is 212 Å². The minimum atomic E-state index is 0.902. The minimum absolute atomic E-state index is 0.902. The van der Waals surface area contributed by atoms with Crippen LogP contribution in [0.5, 0.6) is 0 Å². The van der Waals surface area contributed by atoms with E-state index in [-0.39, 0.29) is 0 Å². The Labute approximate surface area is 325 Å². The van der Waals surface area contributed by atoms with Crippen LogP contribution in [0, 0.1) is 0 Å². The standard InChI is InChI=1S/C54H35NO/c1-3-12-36(13-4-1)38-22-24-40(25-23-38)42-32-43(34-44(33-42)46-18-11-19-49-48-17-8-10-21-53(48)56-54(46)49)41-28-31-52-50(35-41)47-16-7-9-20-51(47)55(52)45-29-26-39(27-30-45)37-14-5-2-6-15-37/h1-35H. The lowest BCUT2D eigenvalue weighted by Crippen LogP contribution is -1.93. The highest BCUT2D eigenvalue weighted by Crippen LogP contribution is 2.41. The van der Waals surface area contributed by atoms with Crippen molar-refractivity contribution in [2.24, 2.45) is 0 Å². The topological polar surface area (TPSA) is 18.1 Å². The van der Waals surface area contributed by atoms with Crippen LogP contribution in [0.25, 0.3) is 105 Å². The van der Waals surface area contributed by atoms with Crippen LogP contribution < -0.4 is 0 Å². The summed E-state index contributed by atoms with van der Waals surface area (Å²) in [5.74, 6) is 0. The van der Waals surface area contributed by atoms with E-state index >= 15 is 0 Å². The Morgan fingerprint density at radius 3 is 1.50 bits per heavy atom. The van der Waals surface area contributed by atoms with Gasteiger partial charge < -0.3 is 8.98 Å². The van der Waals surface area contributed by atoms with E-state index in [1.807, 2.05) is 6.07 Å². The van der Waals surface area contributed by atoms with Crippen molar-refractivity contribution >= 4 is 43.7 Å². The van der Waals surface area contributed by atoms with E-state index in [0.717, 1.165) is 49.9 Å². The fourth-order valence-electron chi connectivity index (χ4n) is 8.44. The predicted octanol–water partition coefficient (Wildman–Crippen LogP) is 15.0. The lowest BCUT2D eigenvalue weighted by molar-refractivity contribution is 0.670. The van der Waals surface area contributed by atoms with Crippen LogP contribution in [0.15, 0.2) is 217 Å². The summed E-state index contributed by atoms with van der Waals surface area (Å²) in [6.45, 7) is 0. The maximum Gasteiger partial charge on any atom is 0.143 e. The first-order chi connectivity index (χ1) is 27.7. The number of hydrogen-bond donors (Lipinski definition) is 0. The van der Waals surface area contributed by atoms with Gasteiger partial charge in [-0.25, -0.2) is 0 Å². The first-order valence-electron chi connectivity index (χ1n) is 19.2. The molecule has 0 fully saturated rings. The molecule has 0 spiro atoms. The van der Waals surface area contributed by atoms with Crippen molar-refractivity contribution in [3.8, 4) is 61.3 Å². The first-order valence-corrected chi connectivity index (χ1v) is 19.2. The average Bonchev–Trinajstić information content (AvgIpc) is 3.83. The fourth-order valence-corrected chi connectivity index (χ4v) is 8.44. The van der Waals surface area contributed by atoms with E-state index in [4.69, 9.17) is 4.42 Å². The van der Waals surface area contributed by atoms with E-state index in [1.54, 1.807) is 0 Å². The lowest BCUT2D eigenvalue weighted by atomic mass is 9.91. The monoisotopic (exact) mass is 713 g/mol. The van der Waals surface area contributed by atoms with Crippen LogP contribution in [0.2, 0.25) is 0 Å². The van der Waals surface area contributed by atoms with E-state index in [1.165, 1.54) is 55.2 Å². The third-order valence-electron chi connectivity index (χ3n) is 11.2. The molecular formula is C54H35NO. The van der Waals surface area contributed by atoms with E-state index < -0.39 is 0 Å². The van der Waals surface area contributed by atoms with Gasteiger partial charge in [-0.2, -0.15) is 0 Å². The molecule has 0 saturated heterocycles. The highest BCUT2D eigenvalue weighted by Gasteiger charge is 2.17. The zero-order valence-corrected chi connectivity index (χ0v) is 30.6. The van der Waals surface area contributed by atoms with Gasteiger partial charge >= 0.3 is 0 Å². The molecule has 0 aliphatic rings. The largest absolute Gasteiger partial charge is 0.455 e. The van der Waals surface area contributed by atoms with Gasteiger partial charge in [-0.1, -0.05) is 158 Å². The second-order valence-corrected chi connectivity index (χ2v) is 14.5. The van der Waals surface area contributed by atoms with Gasteiger partial charge in [0.25, 0.3) is 0 Å². The van der Waals surface area contributed by atoms with Gasteiger partial charge in [0.1, 0.15) is 11.2 Å². The van der Waals surface area contributed by atoms with Gasteiger partial charge in [0.15, 0.2) is 0 Å². The summed E-state index contributed by atoms with van der Waals surface area (Å²) in [6.07, 6.45) is 0. The van der Waals surface area contributed by atoms with Crippen molar-refractivity contribution in [1.82, 2.24) is 4.57 Å². The summed E-state index contributed by atoms with van der Waals surface area (Å²) in [6, 6.07) is 76.5. The number of nitrogens with zero attached hydrogens (tertiary/aromatic N) is 1. The van der Waals surface area contributed by atoms with Crippen molar-refractivity contribution in [2.45, 2.75) is 0 Å². The molecule has 11 aromatic rings. The second kappa shape index (κ2) is 13.2. The van der Waals surface area contributed by atoms with Crippen LogP contribution in [0.4, 0.5) is 0 Å². The van der Waals surface area contributed by atoms with E-state index in [0.29, 0.717) is 0 Å². The summed E-state index contributed by atoms with van der Waals surface area (Å²) in [5, 5.41) is 4.72. The Bertz CT molecular complexity index is 3210. The van der Waals surface area contributed by atoms with E-state index in [2.05, 4.69) is 211 Å². The Hall–Kier alpha value is -7.42. The van der Waals surface area contributed by atoms with Crippen molar-refractivity contribution in [3.63, 3.8) is 0 Å². The van der Waals surface area contributed by atoms with Gasteiger partial charge in [0.05, 0.1) is 11.0 Å². The molecule has 0 saturated carbocycles. The molecule has 56 heavy (non-hydrogen) atoms. The van der Waals surface area contributed by atoms with Gasteiger partial charge in [0, 0.05) is 32.8 Å². The maximum atomic E-state index is 6.57. The number of hydrogen-bond acceptors (Lipinski definition) is 1. The molecule has 9 aromatic carbocycles. The molecule has 0 aliphatic heterocycles. The molecule has 0 atom stereocenters. The Balaban J connectivity index is 1.08. The van der Waals surface area contributed by atoms with Crippen LogP contribution >= 0.6 is 0 Å². The molecule has 0 bridgehead atoms. The number of benzene rings is 9. The summed E-state index contributed by atoms with van der Waals surface area (Å²) in [4.78, 5) is 0. The molecule has 2 heterocycles. The number of fused-ring (bicyclic) bond motifs is 6. The second-order valence-electron chi connectivity index (χ2n) is 14.5. The average molecular weight is 714 g/mol. The quantitative estimate of drug-likeness (QED) is 0.168. The molecule has 0 N–H and O–H groups in total. The zero-order chi connectivity index (χ0) is 37.0. The predicted molar refractivity (Wildman–Crippen MR) is 235 cm³/mol. The highest BCUT2D eigenvalue weighted by molar-refractivity contribution is 6.12. The van der Waals surface area contributed by atoms with Gasteiger partial charge in [-0.3, -0.25) is 0 Å². The number of para-hydroxylation sites is 3. The maximum absolute atomic E-state index is 6.57. The zero-order valence-electron chi connectivity index (χ0n) is 30.6. The minimum Gasteiger partial charge on any atom is -0.455 e. The highest BCUT2D eigenvalue weighted by atomic mass is 16.3. The van der Waals surface area contributed by atoms with Gasteiger partial charge in [0.2, 0.25) is 0 Å². The van der Waals surface area contributed by atoms with Crippen molar-refractivity contribution < 1.29 is 4.42 Å². The molecule has 262 valence electrons. The molecule has 0 radical (unpaired) electrons. The van der Waals surface area contributed by atoms with Crippen LogP contribution in [0.1, 0.15) is 0 Å². The third kappa shape index (κ3) is 5.42. The van der Waals surface area contributed by atoms with Crippen molar-refractivity contribution in [1.29, 1.82) is 0 Å². The first kappa shape index (κ1) is 32.0. The van der Waals surface area contributed by atoms with Crippen molar-refractivity contribution in [2.75, 3.05) is 0 Å². The summed E-state index contributed by atoms with van der Waals surface area (Å²) >= 11 is 0.